The summed E-state index contributed by atoms with van der Waals surface area (Å²) in [5.74, 6) is 4.52. The number of hydrogen-bond acceptors (Lipinski definition) is 4. The molecule has 2 N–H and O–H groups in total. The highest BCUT2D eigenvalue weighted by atomic mass is 16.2. The first-order chi connectivity index (χ1) is 13.5. The molecule has 0 atom stereocenters. The third-order valence-electron chi connectivity index (χ3n) is 3.85. The zero-order valence-electron chi connectivity index (χ0n) is 15.4. The maximum absolute atomic E-state index is 12.0. The number of ketones is 1. The average molecular weight is 373 g/mol. The van der Waals surface area contributed by atoms with Crippen LogP contribution in [0.15, 0.2) is 48.5 Å². The smallest absolute Gasteiger partial charge is 0.251 e. The van der Waals surface area contributed by atoms with Gasteiger partial charge in [-0.25, -0.2) is 0 Å². The minimum atomic E-state index is -0.246. The molecule has 0 aromatic heterocycles. The van der Waals surface area contributed by atoms with Gasteiger partial charge in [0.25, 0.3) is 5.91 Å². The molecule has 28 heavy (non-hydrogen) atoms. The van der Waals surface area contributed by atoms with E-state index in [2.05, 4.69) is 22.5 Å². The van der Waals surface area contributed by atoms with E-state index in [1.54, 1.807) is 54.6 Å². The summed E-state index contributed by atoms with van der Waals surface area (Å²) in [6.45, 7) is 1.83. The lowest BCUT2D eigenvalue weighted by molar-refractivity contribution is -0.116. The monoisotopic (exact) mass is 373 g/mol. The number of nitriles is 1. The van der Waals surface area contributed by atoms with Gasteiger partial charge in [0.15, 0.2) is 11.9 Å². The van der Waals surface area contributed by atoms with Gasteiger partial charge in [-0.2, -0.15) is 5.26 Å². The molecule has 0 aliphatic heterocycles. The van der Waals surface area contributed by atoms with Crippen LogP contribution >= 0.6 is 0 Å². The molecule has 0 saturated heterocycles. The van der Waals surface area contributed by atoms with Crippen molar-refractivity contribution in [3.8, 4) is 17.9 Å². The molecule has 140 valence electrons. The highest BCUT2D eigenvalue weighted by Gasteiger charge is 2.07. The molecule has 0 spiro atoms. The Morgan fingerprint density at radius 2 is 1.61 bits per heavy atom. The summed E-state index contributed by atoms with van der Waals surface area (Å²) in [5.41, 5.74) is 2.35. The largest absolute Gasteiger partial charge is 0.352 e. The van der Waals surface area contributed by atoms with E-state index in [1.165, 1.54) is 6.92 Å². The second kappa shape index (κ2) is 10.3. The Hall–Kier alpha value is -3.90. The standard InChI is InChI=1S/C22H19N3O3/c1-16(26)18-8-10-19(11-9-18)22(28)24-15-3-5-21(27)25-20-12-6-17(7-13-20)4-2-14-23/h6-13H,3,5,15H2,1H3,(H,24,28)(H,25,27). The Bertz CT molecular complexity index is 959. The summed E-state index contributed by atoms with van der Waals surface area (Å²) in [7, 11) is 0. The van der Waals surface area contributed by atoms with Gasteiger partial charge in [0, 0.05) is 41.3 Å². The van der Waals surface area contributed by atoms with Crippen LogP contribution in [-0.2, 0) is 4.79 Å². The molecule has 2 amide bonds. The Kier molecular flexibility index (Phi) is 7.51. The molecular formula is C22H19N3O3. The van der Waals surface area contributed by atoms with E-state index in [0.717, 1.165) is 0 Å². The van der Waals surface area contributed by atoms with Gasteiger partial charge < -0.3 is 10.6 Å². The zero-order chi connectivity index (χ0) is 20.4. The second-order valence-electron chi connectivity index (χ2n) is 5.98. The molecule has 0 radical (unpaired) electrons. The first-order valence-corrected chi connectivity index (χ1v) is 8.69. The molecule has 0 saturated carbocycles. The Labute approximate surface area is 163 Å². The quantitative estimate of drug-likeness (QED) is 0.443. The number of anilines is 1. The van der Waals surface area contributed by atoms with Crippen LogP contribution in [0.25, 0.3) is 0 Å². The molecule has 2 rings (SSSR count). The maximum Gasteiger partial charge on any atom is 0.251 e. The van der Waals surface area contributed by atoms with E-state index >= 15 is 0 Å². The maximum atomic E-state index is 12.0. The van der Waals surface area contributed by atoms with Crippen molar-refractivity contribution in [1.29, 1.82) is 5.26 Å². The van der Waals surface area contributed by atoms with Gasteiger partial charge in [0.05, 0.1) is 0 Å². The van der Waals surface area contributed by atoms with Crippen LogP contribution in [0.1, 0.15) is 46.0 Å². The Morgan fingerprint density at radius 1 is 0.964 bits per heavy atom. The number of rotatable bonds is 7. The molecule has 0 aliphatic carbocycles. The minimum absolute atomic E-state index is 0.0530. The van der Waals surface area contributed by atoms with Gasteiger partial charge in [0.1, 0.15) is 0 Å². The Balaban J connectivity index is 1.72. The third kappa shape index (κ3) is 6.44. The van der Waals surface area contributed by atoms with E-state index in [4.69, 9.17) is 5.26 Å². The first-order valence-electron chi connectivity index (χ1n) is 8.69. The van der Waals surface area contributed by atoms with Crippen LogP contribution in [0.4, 0.5) is 5.69 Å². The SMILES string of the molecule is CC(=O)c1ccc(C(=O)NCCCC(=O)Nc2ccc(C#CC#N)cc2)cc1. The number of hydrogen-bond donors (Lipinski definition) is 2. The molecule has 2 aromatic rings. The van der Waals surface area contributed by atoms with Crippen molar-refractivity contribution in [2.75, 3.05) is 11.9 Å². The van der Waals surface area contributed by atoms with Gasteiger partial charge in [0.2, 0.25) is 5.91 Å². The minimum Gasteiger partial charge on any atom is -0.352 e. The number of amides is 2. The van der Waals surface area contributed by atoms with E-state index in [1.807, 2.05) is 0 Å². The van der Waals surface area contributed by atoms with Crippen molar-refractivity contribution in [3.63, 3.8) is 0 Å². The number of carbonyl (C=O) groups excluding carboxylic acids is 3. The fourth-order valence-corrected chi connectivity index (χ4v) is 2.37. The van der Waals surface area contributed by atoms with Crippen molar-refractivity contribution >= 4 is 23.3 Å². The predicted molar refractivity (Wildman–Crippen MR) is 106 cm³/mol. The van der Waals surface area contributed by atoms with E-state index in [0.29, 0.717) is 35.3 Å². The normalized spacial score (nSPS) is 9.43. The fourth-order valence-electron chi connectivity index (χ4n) is 2.37. The number of carbonyl (C=O) groups is 3. The molecular weight excluding hydrogens is 354 g/mol. The molecule has 0 heterocycles. The van der Waals surface area contributed by atoms with Crippen molar-refractivity contribution in [2.45, 2.75) is 19.8 Å². The van der Waals surface area contributed by atoms with Crippen LogP contribution in [0, 0.1) is 23.2 Å². The van der Waals surface area contributed by atoms with Crippen molar-refractivity contribution in [2.24, 2.45) is 0 Å². The van der Waals surface area contributed by atoms with Gasteiger partial charge in [-0.05, 0) is 49.7 Å². The topological polar surface area (TPSA) is 99.1 Å². The highest BCUT2D eigenvalue weighted by molar-refractivity contribution is 5.97. The summed E-state index contributed by atoms with van der Waals surface area (Å²) in [5, 5.41) is 13.9. The van der Waals surface area contributed by atoms with E-state index in [-0.39, 0.29) is 24.0 Å². The second-order valence-corrected chi connectivity index (χ2v) is 5.98. The molecule has 0 bridgehead atoms. The summed E-state index contributed by atoms with van der Waals surface area (Å²) in [6, 6.07) is 15.0. The van der Waals surface area contributed by atoms with Gasteiger partial charge in [-0.3, -0.25) is 14.4 Å². The average Bonchev–Trinajstić information content (AvgIpc) is 2.70. The van der Waals surface area contributed by atoms with Gasteiger partial charge in [-0.15, -0.1) is 0 Å². The van der Waals surface area contributed by atoms with Gasteiger partial charge >= 0.3 is 0 Å². The molecule has 2 aromatic carbocycles. The lowest BCUT2D eigenvalue weighted by atomic mass is 10.1. The van der Waals surface area contributed by atoms with Crippen molar-refractivity contribution < 1.29 is 14.4 Å². The van der Waals surface area contributed by atoms with E-state index < -0.39 is 0 Å². The lowest BCUT2D eigenvalue weighted by Gasteiger charge is -2.07. The highest BCUT2D eigenvalue weighted by Crippen LogP contribution is 2.10. The molecule has 0 unspecified atom stereocenters. The lowest BCUT2D eigenvalue weighted by Crippen LogP contribution is -2.25. The van der Waals surface area contributed by atoms with Crippen LogP contribution in [0.5, 0.6) is 0 Å². The van der Waals surface area contributed by atoms with Gasteiger partial charge in [-0.1, -0.05) is 18.1 Å². The number of nitrogens with zero attached hydrogens (tertiary/aromatic N) is 1. The van der Waals surface area contributed by atoms with Crippen molar-refractivity contribution in [1.82, 2.24) is 5.32 Å². The Morgan fingerprint density at radius 3 is 2.21 bits per heavy atom. The summed E-state index contributed by atoms with van der Waals surface area (Å²) in [4.78, 5) is 35.2. The predicted octanol–water partition coefficient (Wildman–Crippen LogP) is 2.91. The van der Waals surface area contributed by atoms with Crippen LogP contribution in [0.2, 0.25) is 0 Å². The number of nitrogens with one attached hydrogen (secondary N) is 2. The molecule has 6 nitrogen and oxygen atoms in total. The summed E-state index contributed by atoms with van der Waals surface area (Å²) in [6.07, 6.45) is 0.758. The molecule has 0 fully saturated rings. The van der Waals surface area contributed by atoms with Crippen molar-refractivity contribution in [3.05, 3.63) is 65.2 Å². The first kappa shape index (κ1) is 20.4. The summed E-state index contributed by atoms with van der Waals surface area (Å²) < 4.78 is 0. The molecule has 6 heteroatoms. The third-order valence-corrected chi connectivity index (χ3v) is 3.85. The molecule has 0 aliphatic rings. The van der Waals surface area contributed by atoms with E-state index in [9.17, 15) is 14.4 Å². The van der Waals surface area contributed by atoms with Crippen LogP contribution in [-0.4, -0.2) is 24.1 Å². The fraction of sp³-hybridized carbons (Fsp3) is 0.182. The van der Waals surface area contributed by atoms with Crippen LogP contribution in [0.3, 0.4) is 0 Å². The number of Topliss-reactive ketones (excluding diaryl/α,β-unsaturated/α-hetero) is 1. The number of benzene rings is 2. The zero-order valence-corrected chi connectivity index (χ0v) is 15.4. The van der Waals surface area contributed by atoms with Crippen LogP contribution < -0.4 is 10.6 Å². The summed E-state index contributed by atoms with van der Waals surface area (Å²) >= 11 is 0.